The van der Waals surface area contributed by atoms with Crippen molar-refractivity contribution in [3.8, 4) is 5.69 Å². The lowest BCUT2D eigenvalue weighted by Gasteiger charge is -2.19. The van der Waals surface area contributed by atoms with Gasteiger partial charge in [0, 0.05) is 22.5 Å². The van der Waals surface area contributed by atoms with Gasteiger partial charge in [0.2, 0.25) is 0 Å². The molecular formula is C19H22Cl2N4O2. The molecule has 2 N–H and O–H groups in total. The van der Waals surface area contributed by atoms with Crippen LogP contribution in [0, 0.1) is 13.8 Å². The van der Waals surface area contributed by atoms with Crippen LogP contribution in [0.15, 0.2) is 29.4 Å². The first kappa shape index (κ1) is 21.0. The molecule has 2 rings (SSSR count). The molecule has 0 saturated carbocycles. The monoisotopic (exact) mass is 408 g/mol. The molecule has 2 amide bonds. The predicted octanol–water partition coefficient (Wildman–Crippen LogP) is 3.77. The van der Waals surface area contributed by atoms with Gasteiger partial charge < -0.3 is 9.88 Å². The summed E-state index contributed by atoms with van der Waals surface area (Å²) in [7, 11) is 0. The number of carbonyl (C=O) groups excluding carboxylic acids is 2. The van der Waals surface area contributed by atoms with Crippen LogP contribution in [-0.4, -0.2) is 28.1 Å². The van der Waals surface area contributed by atoms with Crippen molar-refractivity contribution in [1.82, 2.24) is 15.3 Å². The van der Waals surface area contributed by atoms with E-state index >= 15 is 0 Å². The number of nitrogens with one attached hydrogen (secondary N) is 2. The first-order chi connectivity index (χ1) is 12.5. The first-order valence-corrected chi connectivity index (χ1v) is 9.05. The predicted molar refractivity (Wildman–Crippen MR) is 109 cm³/mol. The minimum absolute atomic E-state index is 0.455. The first-order valence-electron chi connectivity index (χ1n) is 8.30. The van der Waals surface area contributed by atoms with Crippen molar-refractivity contribution in [2.45, 2.75) is 40.2 Å². The number of aromatic nitrogens is 1. The molecule has 1 heterocycles. The van der Waals surface area contributed by atoms with Crippen molar-refractivity contribution in [2.75, 3.05) is 0 Å². The van der Waals surface area contributed by atoms with Gasteiger partial charge in [-0.2, -0.15) is 5.10 Å². The number of nitrogens with zero attached hydrogens (tertiary/aromatic N) is 2. The van der Waals surface area contributed by atoms with Gasteiger partial charge in [-0.25, -0.2) is 5.43 Å². The molecule has 0 radical (unpaired) electrons. The minimum Gasteiger partial charge on any atom is -0.343 e. The Balaban J connectivity index is 2.20. The van der Waals surface area contributed by atoms with Gasteiger partial charge in [-0.05, 0) is 52.8 Å². The van der Waals surface area contributed by atoms with Crippen LogP contribution in [0.4, 0.5) is 0 Å². The van der Waals surface area contributed by atoms with Gasteiger partial charge in [0.05, 0.1) is 21.9 Å². The van der Waals surface area contributed by atoms with E-state index in [2.05, 4.69) is 15.8 Å². The third kappa shape index (κ3) is 5.11. The number of aryl methyl sites for hydroxylation is 1. The van der Waals surface area contributed by atoms with Crippen molar-refractivity contribution in [1.29, 1.82) is 0 Å². The second-order valence-electron chi connectivity index (χ2n) is 7.14. The largest absolute Gasteiger partial charge is 0.343 e. The smallest absolute Gasteiger partial charge is 0.329 e. The Kier molecular flexibility index (Phi) is 6.34. The summed E-state index contributed by atoms with van der Waals surface area (Å²) in [5.41, 5.74) is 5.06. The molecule has 0 fully saturated rings. The maximum Gasteiger partial charge on any atom is 0.329 e. The van der Waals surface area contributed by atoms with Gasteiger partial charge in [-0.1, -0.05) is 29.3 Å². The maximum atomic E-state index is 11.8. The molecule has 0 aliphatic rings. The summed E-state index contributed by atoms with van der Waals surface area (Å²) in [4.78, 5) is 23.5. The molecule has 0 aliphatic heterocycles. The van der Waals surface area contributed by atoms with Gasteiger partial charge >= 0.3 is 11.8 Å². The molecule has 2 aromatic rings. The highest BCUT2D eigenvalue weighted by molar-refractivity contribution is 6.43. The highest BCUT2D eigenvalue weighted by atomic mass is 35.5. The Morgan fingerprint density at radius 1 is 1.15 bits per heavy atom. The fraction of sp³-hybridized carbons (Fsp3) is 0.316. The summed E-state index contributed by atoms with van der Waals surface area (Å²) in [6.45, 7) is 9.20. The maximum absolute atomic E-state index is 11.8. The number of hydrazone groups is 1. The average molecular weight is 409 g/mol. The third-order valence-electron chi connectivity index (χ3n) is 3.71. The van der Waals surface area contributed by atoms with E-state index in [0.717, 1.165) is 22.6 Å². The van der Waals surface area contributed by atoms with Crippen LogP contribution in [0.3, 0.4) is 0 Å². The standard InChI is InChI=1S/C19H22Cl2N4O2/c1-11-9-13(10-22-24-18(27)17(26)23-19(3,4)5)12(2)25(11)15-8-6-7-14(20)16(15)21/h6-10H,1-5H3,(H,23,26)(H,24,27)/b22-10-. The van der Waals surface area contributed by atoms with Crippen LogP contribution >= 0.6 is 23.2 Å². The van der Waals surface area contributed by atoms with Crippen molar-refractivity contribution >= 4 is 41.2 Å². The number of rotatable bonds is 3. The Labute approximate surface area is 168 Å². The lowest BCUT2D eigenvalue weighted by Crippen LogP contribution is -2.47. The van der Waals surface area contributed by atoms with E-state index < -0.39 is 17.4 Å². The molecule has 6 nitrogen and oxygen atoms in total. The van der Waals surface area contributed by atoms with E-state index in [9.17, 15) is 9.59 Å². The van der Waals surface area contributed by atoms with E-state index in [0.29, 0.717) is 10.0 Å². The van der Waals surface area contributed by atoms with E-state index in [1.807, 2.05) is 36.6 Å². The normalized spacial score (nSPS) is 11.7. The zero-order chi connectivity index (χ0) is 20.4. The van der Waals surface area contributed by atoms with Gasteiger partial charge in [0.15, 0.2) is 0 Å². The number of hydrogen-bond donors (Lipinski definition) is 2. The van der Waals surface area contributed by atoms with E-state index in [4.69, 9.17) is 23.2 Å². The summed E-state index contributed by atoms with van der Waals surface area (Å²) in [6, 6.07) is 7.32. The summed E-state index contributed by atoms with van der Waals surface area (Å²) >= 11 is 12.4. The van der Waals surface area contributed by atoms with Crippen molar-refractivity contribution in [3.05, 3.63) is 51.3 Å². The number of amides is 2. The molecule has 1 aromatic heterocycles. The second-order valence-corrected chi connectivity index (χ2v) is 7.92. The Bertz CT molecular complexity index is 911. The van der Waals surface area contributed by atoms with Crippen molar-refractivity contribution in [3.63, 3.8) is 0 Å². The van der Waals surface area contributed by atoms with Crippen molar-refractivity contribution in [2.24, 2.45) is 5.10 Å². The lowest BCUT2D eigenvalue weighted by molar-refractivity contribution is -0.140. The van der Waals surface area contributed by atoms with Gasteiger partial charge in [0.1, 0.15) is 0 Å². The van der Waals surface area contributed by atoms with Crippen LogP contribution in [0.25, 0.3) is 5.69 Å². The zero-order valence-corrected chi connectivity index (χ0v) is 17.4. The molecule has 0 atom stereocenters. The van der Waals surface area contributed by atoms with E-state index in [-0.39, 0.29) is 0 Å². The molecule has 27 heavy (non-hydrogen) atoms. The molecule has 0 unspecified atom stereocenters. The molecule has 0 spiro atoms. The molecule has 8 heteroatoms. The molecule has 0 aliphatic carbocycles. The van der Waals surface area contributed by atoms with Crippen LogP contribution in [-0.2, 0) is 9.59 Å². The van der Waals surface area contributed by atoms with Gasteiger partial charge in [-0.15, -0.1) is 0 Å². The van der Waals surface area contributed by atoms with Gasteiger partial charge in [-0.3, -0.25) is 9.59 Å². The summed E-state index contributed by atoms with van der Waals surface area (Å²) in [5.74, 6) is -1.57. The Morgan fingerprint density at radius 3 is 2.44 bits per heavy atom. The molecule has 1 aromatic carbocycles. The summed E-state index contributed by atoms with van der Waals surface area (Å²) in [6.07, 6.45) is 1.49. The molecule has 144 valence electrons. The Hall–Kier alpha value is -2.31. The van der Waals surface area contributed by atoms with Crippen molar-refractivity contribution < 1.29 is 9.59 Å². The highest BCUT2D eigenvalue weighted by Gasteiger charge is 2.19. The lowest BCUT2D eigenvalue weighted by atomic mass is 10.1. The summed E-state index contributed by atoms with van der Waals surface area (Å²) in [5, 5.41) is 7.37. The summed E-state index contributed by atoms with van der Waals surface area (Å²) < 4.78 is 1.95. The second kappa shape index (κ2) is 8.15. The zero-order valence-electron chi connectivity index (χ0n) is 15.9. The number of benzene rings is 1. The fourth-order valence-electron chi connectivity index (χ4n) is 2.56. The van der Waals surface area contributed by atoms with E-state index in [1.54, 1.807) is 26.8 Å². The number of hydrogen-bond acceptors (Lipinski definition) is 3. The van der Waals surface area contributed by atoms with Crippen LogP contribution < -0.4 is 10.7 Å². The number of carbonyl (C=O) groups is 2. The quantitative estimate of drug-likeness (QED) is 0.460. The topological polar surface area (TPSA) is 75.5 Å². The average Bonchev–Trinajstić information content (AvgIpc) is 2.83. The van der Waals surface area contributed by atoms with E-state index in [1.165, 1.54) is 6.21 Å². The molecule has 0 bridgehead atoms. The van der Waals surface area contributed by atoms with Crippen LogP contribution in [0.1, 0.15) is 37.7 Å². The van der Waals surface area contributed by atoms with Gasteiger partial charge in [0.25, 0.3) is 0 Å². The minimum atomic E-state index is -0.826. The van der Waals surface area contributed by atoms with Crippen LogP contribution in [0.2, 0.25) is 10.0 Å². The van der Waals surface area contributed by atoms with Crippen LogP contribution in [0.5, 0.6) is 0 Å². The number of halogens is 2. The molecule has 0 saturated heterocycles. The highest BCUT2D eigenvalue weighted by Crippen LogP contribution is 2.31. The molecular weight excluding hydrogens is 387 g/mol. The SMILES string of the molecule is Cc1cc(/C=N\NC(=O)C(=O)NC(C)(C)C)c(C)n1-c1cccc(Cl)c1Cl. The third-order valence-corrected chi connectivity index (χ3v) is 4.52. The Morgan fingerprint density at radius 2 is 1.81 bits per heavy atom. The fourth-order valence-corrected chi connectivity index (χ4v) is 2.94.